The van der Waals surface area contributed by atoms with Crippen LogP contribution in [0, 0.1) is 0 Å². The van der Waals surface area contributed by atoms with Crippen molar-refractivity contribution in [3.05, 3.63) is 35.4 Å². The Bertz CT molecular complexity index is 489. The largest absolute Gasteiger partial charge is 0.411 e. The number of anilines is 1. The van der Waals surface area contributed by atoms with Crippen molar-refractivity contribution >= 4 is 17.0 Å². The van der Waals surface area contributed by atoms with Crippen molar-refractivity contribution in [1.82, 2.24) is 0 Å². The van der Waals surface area contributed by atoms with Gasteiger partial charge in [0.05, 0.1) is 5.71 Å². The number of hydrogen-bond donors (Lipinski definition) is 2. The first-order chi connectivity index (χ1) is 8.76. The minimum Gasteiger partial charge on any atom is -0.411 e. The molecule has 96 valence electrons. The van der Waals surface area contributed by atoms with Crippen LogP contribution in [-0.4, -0.2) is 10.9 Å². The summed E-state index contributed by atoms with van der Waals surface area (Å²) < 4.78 is 0. The Hall–Kier alpha value is -1.77. The second kappa shape index (κ2) is 5.71. The quantitative estimate of drug-likeness (QED) is 0.480. The standard InChI is InChI=1S/C15H20N2O/c1-2-3-5-11-8-9-14(17-18)15(11)12-6-4-7-13(16)10-12/h4,6-7,10,18H,2-3,5,8-9,16H2,1H3/b17-14+. The van der Waals surface area contributed by atoms with Gasteiger partial charge in [-0.25, -0.2) is 0 Å². The van der Waals surface area contributed by atoms with Crippen molar-refractivity contribution in [2.45, 2.75) is 39.0 Å². The monoisotopic (exact) mass is 244 g/mol. The number of rotatable bonds is 4. The first-order valence-electron chi connectivity index (χ1n) is 6.55. The van der Waals surface area contributed by atoms with E-state index in [4.69, 9.17) is 10.9 Å². The van der Waals surface area contributed by atoms with Gasteiger partial charge in [-0.05, 0) is 43.4 Å². The van der Waals surface area contributed by atoms with Crippen LogP contribution in [0.15, 0.2) is 35.0 Å². The van der Waals surface area contributed by atoms with Crippen molar-refractivity contribution < 1.29 is 5.21 Å². The maximum atomic E-state index is 9.13. The maximum Gasteiger partial charge on any atom is 0.0876 e. The Morgan fingerprint density at radius 3 is 2.83 bits per heavy atom. The average molecular weight is 244 g/mol. The van der Waals surface area contributed by atoms with E-state index in [1.807, 2.05) is 24.3 Å². The number of allylic oxidation sites excluding steroid dienone is 2. The van der Waals surface area contributed by atoms with Gasteiger partial charge < -0.3 is 10.9 Å². The van der Waals surface area contributed by atoms with E-state index in [9.17, 15) is 0 Å². The van der Waals surface area contributed by atoms with E-state index in [1.54, 1.807) is 0 Å². The number of nitrogen functional groups attached to an aromatic ring is 1. The second-order valence-electron chi connectivity index (χ2n) is 4.75. The molecule has 18 heavy (non-hydrogen) atoms. The Balaban J connectivity index is 2.40. The van der Waals surface area contributed by atoms with Crippen LogP contribution in [0.5, 0.6) is 0 Å². The number of nitrogens with two attached hydrogens (primary N) is 1. The van der Waals surface area contributed by atoms with Gasteiger partial charge in [0.1, 0.15) is 0 Å². The van der Waals surface area contributed by atoms with Crippen LogP contribution in [0.4, 0.5) is 5.69 Å². The second-order valence-corrected chi connectivity index (χ2v) is 4.75. The van der Waals surface area contributed by atoms with Crippen molar-refractivity contribution in [1.29, 1.82) is 0 Å². The Morgan fingerprint density at radius 2 is 2.17 bits per heavy atom. The summed E-state index contributed by atoms with van der Waals surface area (Å²) in [6.45, 7) is 2.19. The van der Waals surface area contributed by atoms with Gasteiger partial charge in [0, 0.05) is 11.3 Å². The van der Waals surface area contributed by atoms with E-state index in [-0.39, 0.29) is 0 Å². The molecule has 0 bridgehead atoms. The molecule has 0 spiro atoms. The van der Waals surface area contributed by atoms with Crippen LogP contribution in [0.1, 0.15) is 44.6 Å². The third kappa shape index (κ3) is 2.55. The molecule has 0 saturated heterocycles. The third-order valence-corrected chi connectivity index (χ3v) is 3.43. The minimum absolute atomic E-state index is 0.749. The average Bonchev–Trinajstić information content (AvgIpc) is 2.79. The zero-order valence-corrected chi connectivity index (χ0v) is 10.8. The van der Waals surface area contributed by atoms with Crippen LogP contribution in [0.3, 0.4) is 0 Å². The number of hydrogen-bond acceptors (Lipinski definition) is 3. The summed E-state index contributed by atoms with van der Waals surface area (Å²) in [5.41, 5.74) is 11.0. The molecule has 1 aliphatic carbocycles. The van der Waals surface area contributed by atoms with Gasteiger partial charge in [0.25, 0.3) is 0 Å². The molecule has 0 amide bonds. The molecular formula is C15H20N2O. The van der Waals surface area contributed by atoms with Crippen LogP contribution < -0.4 is 5.73 Å². The molecule has 1 aromatic rings. The summed E-state index contributed by atoms with van der Waals surface area (Å²) in [6.07, 6.45) is 5.28. The van der Waals surface area contributed by atoms with Gasteiger partial charge in [-0.15, -0.1) is 0 Å². The highest BCUT2D eigenvalue weighted by molar-refractivity contribution is 6.26. The predicted octanol–water partition coefficient (Wildman–Crippen LogP) is 3.84. The summed E-state index contributed by atoms with van der Waals surface area (Å²) in [5, 5.41) is 12.6. The molecule has 0 radical (unpaired) electrons. The third-order valence-electron chi connectivity index (χ3n) is 3.43. The first-order valence-corrected chi connectivity index (χ1v) is 6.55. The lowest BCUT2D eigenvalue weighted by Gasteiger charge is -2.08. The smallest absolute Gasteiger partial charge is 0.0876 e. The summed E-state index contributed by atoms with van der Waals surface area (Å²) in [7, 11) is 0. The van der Waals surface area contributed by atoms with E-state index in [2.05, 4.69) is 12.1 Å². The molecule has 1 aliphatic rings. The highest BCUT2D eigenvalue weighted by Gasteiger charge is 2.22. The van der Waals surface area contributed by atoms with Crippen molar-refractivity contribution in [3.8, 4) is 0 Å². The SMILES string of the molecule is CCCCC1=C(c2cccc(N)c2)/C(=N/O)CC1. The number of oxime groups is 1. The van der Waals surface area contributed by atoms with Crippen LogP contribution >= 0.6 is 0 Å². The molecule has 0 unspecified atom stereocenters. The van der Waals surface area contributed by atoms with Crippen LogP contribution in [-0.2, 0) is 0 Å². The molecule has 0 atom stereocenters. The fourth-order valence-corrected chi connectivity index (χ4v) is 2.53. The molecule has 3 N–H and O–H groups in total. The molecule has 0 saturated carbocycles. The van der Waals surface area contributed by atoms with Gasteiger partial charge >= 0.3 is 0 Å². The highest BCUT2D eigenvalue weighted by atomic mass is 16.4. The van der Waals surface area contributed by atoms with Crippen molar-refractivity contribution in [3.63, 3.8) is 0 Å². The maximum absolute atomic E-state index is 9.13. The van der Waals surface area contributed by atoms with Gasteiger partial charge in [0.15, 0.2) is 0 Å². The summed E-state index contributed by atoms with van der Waals surface area (Å²) in [4.78, 5) is 0. The van der Waals surface area contributed by atoms with Gasteiger partial charge in [-0.1, -0.05) is 36.2 Å². The Labute approximate surface area is 108 Å². The van der Waals surface area contributed by atoms with Crippen LogP contribution in [0.2, 0.25) is 0 Å². The number of unbranched alkanes of at least 4 members (excludes halogenated alkanes) is 1. The molecule has 0 heterocycles. The zero-order valence-electron chi connectivity index (χ0n) is 10.8. The lowest BCUT2D eigenvalue weighted by molar-refractivity contribution is 0.319. The fraction of sp³-hybridized carbons (Fsp3) is 0.400. The van der Waals surface area contributed by atoms with Crippen molar-refractivity contribution in [2.24, 2.45) is 5.16 Å². The molecule has 3 heteroatoms. The van der Waals surface area contributed by atoms with Crippen molar-refractivity contribution in [2.75, 3.05) is 5.73 Å². The van der Waals surface area contributed by atoms with E-state index in [0.29, 0.717) is 0 Å². The van der Waals surface area contributed by atoms with Crippen LogP contribution in [0.25, 0.3) is 5.57 Å². The van der Waals surface area contributed by atoms with Gasteiger partial charge in [-0.2, -0.15) is 0 Å². The fourth-order valence-electron chi connectivity index (χ4n) is 2.53. The lowest BCUT2D eigenvalue weighted by atomic mass is 9.97. The first kappa shape index (κ1) is 12.7. The topological polar surface area (TPSA) is 58.6 Å². The van der Waals surface area contributed by atoms with E-state index in [1.165, 1.54) is 18.4 Å². The molecule has 0 aliphatic heterocycles. The van der Waals surface area contributed by atoms with E-state index >= 15 is 0 Å². The molecule has 0 fully saturated rings. The number of benzene rings is 1. The Kier molecular flexibility index (Phi) is 4.03. The molecule has 1 aromatic carbocycles. The predicted molar refractivity (Wildman–Crippen MR) is 75.8 cm³/mol. The molecular weight excluding hydrogens is 224 g/mol. The molecule has 0 aromatic heterocycles. The van der Waals surface area contributed by atoms with E-state index < -0.39 is 0 Å². The minimum atomic E-state index is 0.749. The molecule has 2 rings (SSSR count). The zero-order chi connectivity index (χ0) is 13.0. The summed E-state index contributed by atoms with van der Waals surface area (Å²) in [5.74, 6) is 0. The van der Waals surface area contributed by atoms with Gasteiger partial charge in [0.2, 0.25) is 0 Å². The summed E-state index contributed by atoms with van der Waals surface area (Å²) >= 11 is 0. The summed E-state index contributed by atoms with van der Waals surface area (Å²) in [6, 6.07) is 7.81. The highest BCUT2D eigenvalue weighted by Crippen LogP contribution is 2.35. The lowest BCUT2D eigenvalue weighted by Crippen LogP contribution is -1.98. The number of nitrogens with zero attached hydrogens (tertiary/aromatic N) is 1. The van der Waals surface area contributed by atoms with E-state index in [0.717, 1.165) is 41.8 Å². The normalized spacial score (nSPS) is 17.7. The van der Waals surface area contributed by atoms with Gasteiger partial charge in [-0.3, -0.25) is 0 Å². The molecule has 3 nitrogen and oxygen atoms in total. The Morgan fingerprint density at radius 1 is 1.33 bits per heavy atom.